The lowest BCUT2D eigenvalue weighted by molar-refractivity contribution is 0.374. The van der Waals surface area contributed by atoms with Crippen LogP contribution in [0.15, 0.2) is 25.3 Å². The van der Waals surface area contributed by atoms with Crippen molar-refractivity contribution in [2.45, 2.75) is 0 Å². The summed E-state index contributed by atoms with van der Waals surface area (Å²) in [5, 5.41) is 0. The topological polar surface area (TPSA) is 20.3 Å². The molecule has 0 aromatic carbocycles. The second-order valence-electron chi connectivity index (χ2n) is 1.92. The smallest absolute Gasteiger partial charge is 0.213 e. The van der Waals surface area contributed by atoms with Gasteiger partial charge in [0.05, 0.1) is 6.54 Å². The van der Waals surface area contributed by atoms with Gasteiger partial charge in [0, 0.05) is 13.1 Å². The van der Waals surface area contributed by atoms with Gasteiger partial charge in [0.2, 0.25) is 6.29 Å². The van der Waals surface area contributed by atoms with Gasteiger partial charge in [-0.05, 0) is 0 Å². The van der Waals surface area contributed by atoms with Crippen LogP contribution in [0, 0.1) is 0 Å². The van der Waals surface area contributed by atoms with E-state index in [9.17, 15) is 4.79 Å². The van der Waals surface area contributed by atoms with E-state index in [0.717, 1.165) is 0 Å². The number of hydrogen-bond donors (Lipinski definition) is 0. The Morgan fingerprint density at radius 1 is 1.30 bits per heavy atom. The van der Waals surface area contributed by atoms with Gasteiger partial charge in [-0.1, -0.05) is 12.2 Å². The molecule has 0 aliphatic heterocycles. The number of carbonyl (C=O) groups excluding carboxylic acids is 1. The highest BCUT2D eigenvalue weighted by atomic mass is 16.1. The lowest BCUT2D eigenvalue weighted by Gasteiger charge is -2.13. The summed E-state index contributed by atoms with van der Waals surface area (Å²) >= 11 is 0. The Morgan fingerprint density at radius 3 is 2.10 bits per heavy atom. The highest BCUT2D eigenvalue weighted by Crippen LogP contribution is 1.85. The predicted octanol–water partition coefficient (Wildman–Crippen LogP) is 0.770. The highest BCUT2D eigenvalue weighted by Gasteiger charge is 1.97. The molecule has 0 heterocycles. The summed E-state index contributed by atoms with van der Waals surface area (Å²) in [6.07, 6.45) is 5.32. The summed E-state index contributed by atoms with van der Waals surface area (Å²) in [6, 6.07) is 0. The van der Waals surface area contributed by atoms with Crippen LogP contribution in [-0.2, 0) is 4.79 Å². The van der Waals surface area contributed by atoms with Gasteiger partial charge in [-0.15, -0.1) is 13.2 Å². The van der Waals surface area contributed by atoms with Gasteiger partial charge < -0.3 is 0 Å². The van der Waals surface area contributed by atoms with Gasteiger partial charge in [0.15, 0.2) is 0 Å². The standard InChI is InChI=1S/C8H12NO/c1-3-5-9(6-4-2)7-8-10/h3-4H,1-2,5-7H2. The fourth-order valence-electron chi connectivity index (χ4n) is 0.660. The molecule has 10 heavy (non-hydrogen) atoms. The molecule has 0 atom stereocenters. The van der Waals surface area contributed by atoms with Gasteiger partial charge in [-0.3, -0.25) is 9.69 Å². The van der Waals surface area contributed by atoms with E-state index in [0.29, 0.717) is 19.6 Å². The maximum absolute atomic E-state index is 9.93. The van der Waals surface area contributed by atoms with Gasteiger partial charge in [-0.2, -0.15) is 0 Å². The van der Waals surface area contributed by atoms with Gasteiger partial charge >= 0.3 is 0 Å². The summed E-state index contributed by atoms with van der Waals surface area (Å²) in [6.45, 7) is 8.87. The number of rotatable bonds is 6. The first-order chi connectivity index (χ1) is 4.85. The Kier molecular flexibility index (Phi) is 5.68. The van der Waals surface area contributed by atoms with E-state index in [1.807, 2.05) is 11.2 Å². The van der Waals surface area contributed by atoms with E-state index in [1.54, 1.807) is 12.2 Å². The average molecular weight is 138 g/mol. The normalized spacial score (nSPS) is 9.30. The Bertz CT molecular complexity index is 96.7. The summed E-state index contributed by atoms with van der Waals surface area (Å²) in [5.41, 5.74) is 0. The summed E-state index contributed by atoms with van der Waals surface area (Å²) in [4.78, 5) is 11.8. The molecule has 2 nitrogen and oxygen atoms in total. The van der Waals surface area contributed by atoms with Crippen molar-refractivity contribution in [2.75, 3.05) is 19.6 Å². The molecule has 0 amide bonds. The molecule has 0 aromatic heterocycles. The fraction of sp³-hybridized carbons (Fsp3) is 0.375. The molecule has 0 saturated carbocycles. The van der Waals surface area contributed by atoms with E-state index < -0.39 is 0 Å². The molecule has 0 spiro atoms. The lowest BCUT2D eigenvalue weighted by atomic mass is 10.4. The summed E-state index contributed by atoms with van der Waals surface area (Å²) in [7, 11) is 0. The Morgan fingerprint density at radius 2 is 1.80 bits per heavy atom. The van der Waals surface area contributed by atoms with Crippen molar-refractivity contribution in [1.29, 1.82) is 0 Å². The van der Waals surface area contributed by atoms with Crippen molar-refractivity contribution >= 4 is 6.29 Å². The molecule has 0 aliphatic rings. The number of hydrogen-bond acceptors (Lipinski definition) is 2. The zero-order valence-corrected chi connectivity index (χ0v) is 6.05. The van der Waals surface area contributed by atoms with Crippen LogP contribution in [-0.4, -0.2) is 30.8 Å². The second-order valence-corrected chi connectivity index (χ2v) is 1.92. The molecule has 0 unspecified atom stereocenters. The SMILES string of the molecule is C=CCN(C[C]=O)CC=C. The minimum absolute atomic E-state index is 0.331. The first kappa shape index (κ1) is 9.11. The minimum Gasteiger partial charge on any atom is -0.289 e. The maximum Gasteiger partial charge on any atom is 0.213 e. The van der Waals surface area contributed by atoms with E-state index in [4.69, 9.17) is 0 Å². The monoisotopic (exact) mass is 138 g/mol. The molecule has 0 bridgehead atoms. The quantitative estimate of drug-likeness (QED) is 0.505. The van der Waals surface area contributed by atoms with Crippen molar-refractivity contribution < 1.29 is 4.79 Å². The van der Waals surface area contributed by atoms with E-state index in [1.165, 1.54) is 0 Å². The maximum atomic E-state index is 9.93. The van der Waals surface area contributed by atoms with Crippen LogP contribution in [0.25, 0.3) is 0 Å². The second kappa shape index (κ2) is 6.23. The molecule has 0 N–H and O–H groups in total. The first-order valence-electron chi connectivity index (χ1n) is 3.14. The van der Waals surface area contributed by atoms with Crippen molar-refractivity contribution in [3.05, 3.63) is 25.3 Å². The largest absolute Gasteiger partial charge is 0.289 e. The van der Waals surface area contributed by atoms with Crippen molar-refractivity contribution in [3.63, 3.8) is 0 Å². The highest BCUT2D eigenvalue weighted by molar-refractivity contribution is 5.53. The van der Waals surface area contributed by atoms with E-state index >= 15 is 0 Å². The molecule has 0 fully saturated rings. The van der Waals surface area contributed by atoms with Crippen LogP contribution in [0.1, 0.15) is 0 Å². The third-order valence-electron chi connectivity index (χ3n) is 1.06. The molecule has 0 saturated heterocycles. The molecule has 0 rings (SSSR count). The molecule has 2 heteroatoms. The lowest BCUT2D eigenvalue weighted by Crippen LogP contribution is -2.25. The van der Waals surface area contributed by atoms with Gasteiger partial charge in [0.25, 0.3) is 0 Å². The zero-order chi connectivity index (χ0) is 7.82. The Hall–Kier alpha value is -0.890. The van der Waals surface area contributed by atoms with Crippen molar-refractivity contribution in [1.82, 2.24) is 4.90 Å². The Labute approximate surface area is 61.8 Å². The third-order valence-corrected chi connectivity index (χ3v) is 1.06. The van der Waals surface area contributed by atoms with Gasteiger partial charge in [0.1, 0.15) is 0 Å². The minimum atomic E-state index is 0.331. The molecule has 0 aliphatic carbocycles. The molecule has 0 aromatic rings. The predicted molar refractivity (Wildman–Crippen MR) is 42.5 cm³/mol. The zero-order valence-electron chi connectivity index (χ0n) is 6.05. The summed E-state index contributed by atoms with van der Waals surface area (Å²) in [5.74, 6) is 0. The third kappa shape index (κ3) is 4.04. The van der Waals surface area contributed by atoms with Crippen LogP contribution in [0.2, 0.25) is 0 Å². The van der Waals surface area contributed by atoms with Crippen LogP contribution in [0.4, 0.5) is 0 Å². The van der Waals surface area contributed by atoms with Crippen LogP contribution in [0.5, 0.6) is 0 Å². The van der Waals surface area contributed by atoms with Crippen molar-refractivity contribution in [3.8, 4) is 0 Å². The van der Waals surface area contributed by atoms with E-state index in [-0.39, 0.29) is 0 Å². The fourth-order valence-corrected chi connectivity index (χ4v) is 0.660. The molecule has 1 radical (unpaired) electrons. The van der Waals surface area contributed by atoms with Crippen LogP contribution < -0.4 is 0 Å². The van der Waals surface area contributed by atoms with Crippen LogP contribution >= 0.6 is 0 Å². The number of nitrogens with zero attached hydrogens (tertiary/aromatic N) is 1. The van der Waals surface area contributed by atoms with Gasteiger partial charge in [-0.25, -0.2) is 0 Å². The molecule has 55 valence electrons. The Balaban J connectivity index is 3.58. The molecular formula is C8H12NO. The average Bonchev–Trinajstić information content (AvgIpc) is 1.90. The molecular weight excluding hydrogens is 126 g/mol. The summed E-state index contributed by atoms with van der Waals surface area (Å²) < 4.78 is 0. The van der Waals surface area contributed by atoms with Crippen molar-refractivity contribution in [2.24, 2.45) is 0 Å². The van der Waals surface area contributed by atoms with Crippen LogP contribution in [0.3, 0.4) is 0 Å². The first-order valence-corrected chi connectivity index (χ1v) is 3.14. The van der Waals surface area contributed by atoms with E-state index in [2.05, 4.69) is 13.2 Å².